The molecule has 5 nitrogen and oxygen atoms in total. The fraction of sp³-hybridized carbons (Fsp3) is 0.611. The Morgan fingerprint density at radius 3 is 2.13 bits per heavy atom. The topological polar surface area (TPSA) is 83.5 Å². The van der Waals surface area contributed by atoms with Crippen LogP contribution in [0.2, 0.25) is 0 Å². The zero-order chi connectivity index (χ0) is 17.9. The van der Waals surface area contributed by atoms with Crippen molar-refractivity contribution in [2.24, 2.45) is 5.92 Å². The lowest BCUT2D eigenvalue weighted by Crippen LogP contribution is -2.45. The van der Waals surface area contributed by atoms with Crippen molar-refractivity contribution >= 4 is 17.5 Å². The standard InChI is InChI=1S/C18H27NO4/c1-10(2)9-19-17(22)18(6,23)8-7-14-13(5)15(20)11(3)12(4)16(14)21/h10,23H,7-9H2,1-6H3,(H,19,22). The summed E-state index contributed by atoms with van der Waals surface area (Å²) in [6.45, 7) is 10.7. The first-order chi connectivity index (χ1) is 10.5. The van der Waals surface area contributed by atoms with Crippen molar-refractivity contribution in [3.8, 4) is 0 Å². The van der Waals surface area contributed by atoms with Crippen LogP contribution in [0.25, 0.3) is 0 Å². The Hall–Kier alpha value is -1.75. The Morgan fingerprint density at radius 2 is 1.61 bits per heavy atom. The SMILES string of the molecule is CC1=C(C)C(=O)C(CCC(C)(O)C(=O)NCC(C)C)=C(C)C1=O. The summed E-state index contributed by atoms with van der Waals surface area (Å²) in [6, 6.07) is 0. The van der Waals surface area contributed by atoms with E-state index in [1.54, 1.807) is 20.8 Å². The number of hydrogen-bond donors (Lipinski definition) is 2. The van der Waals surface area contributed by atoms with Gasteiger partial charge in [0.1, 0.15) is 5.60 Å². The van der Waals surface area contributed by atoms with Crippen molar-refractivity contribution in [1.82, 2.24) is 5.32 Å². The van der Waals surface area contributed by atoms with Crippen molar-refractivity contribution in [1.29, 1.82) is 0 Å². The molecule has 1 rings (SSSR count). The fourth-order valence-electron chi connectivity index (χ4n) is 2.43. The van der Waals surface area contributed by atoms with E-state index in [2.05, 4.69) is 5.32 Å². The second kappa shape index (κ2) is 7.21. The highest BCUT2D eigenvalue weighted by Crippen LogP contribution is 2.28. The highest BCUT2D eigenvalue weighted by Gasteiger charge is 2.33. The quantitative estimate of drug-likeness (QED) is 0.734. The number of allylic oxidation sites excluding steroid dienone is 4. The molecule has 1 amide bonds. The summed E-state index contributed by atoms with van der Waals surface area (Å²) >= 11 is 0. The molecule has 0 radical (unpaired) electrons. The maximum atomic E-state index is 12.3. The van der Waals surface area contributed by atoms with Gasteiger partial charge in [-0.25, -0.2) is 0 Å². The molecule has 0 saturated heterocycles. The van der Waals surface area contributed by atoms with Gasteiger partial charge in [-0.05, 0) is 46.5 Å². The highest BCUT2D eigenvalue weighted by atomic mass is 16.3. The summed E-state index contributed by atoms with van der Waals surface area (Å²) in [6.07, 6.45) is 0.290. The van der Waals surface area contributed by atoms with E-state index >= 15 is 0 Å². The zero-order valence-corrected chi connectivity index (χ0v) is 14.9. The number of carbonyl (C=O) groups is 3. The summed E-state index contributed by atoms with van der Waals surface area (Å²) < 4.78 is 0. The van der Waals surface area contributed by atoms with Crippen molar-refractivity contribution in [3.63, 3.8) is 0 Å². The Labute approximate surface area is 137 Å². The van der Waals surface area contributed by atoms with Gasteiger partial charge in [-0.3, -0.25) is 14.4 Å². The number of amides is 1. The van der Waals surface area contributed by atoms with E-state index in [1.807, 2.05) is 13.8 Å². The summed E-state index contributed by atoms with van der Waals surface area (Å²) in [5, 5.41) is 13.0. The maximum Gasteiger partial charge on any atom is 0.251 e. The molecule has 0 aliphatic heterocycles. The van der Waals surface area contributed by atoms with Gasteiger partial charge < -0.3 is 10.4 Å². The first-order valence-corrected chi connectivity index (χ1v) is 7.96. The first kappa shape index (κ1) is 19.3. The summed E-state index contributed by atoms with van der Waals surface area (Å²) in [4.78, 5) is 36.5. The largest absolute Gasteiger partial charge is 0.380 e. The van der Waals surface area contributed by atoms with Gasteiger partial charge in [0.05, 0.1) is 0 Å². The maximum absolute atomic E-state index is 12.3. The Balaban J connectivity index is 2.82. The normalized spacial score (nSPS) is 18.6. The predicted octanol–water partition coefficient (Wildman–Crippen LogP) is 2.09. The second-order valence-corrected chi connectivity index (χ2v) is 6.89. The molecule has 0 fully saturated rings. The molecule has 0 aromatic carbocycles. The van der Waals surface area contributed by atoms with Crippen LogP contribution >= 0.6 is 0 Å². The van der Waals surface area contributed by atoms with E-state index in [0.29, 0.717) is 28.8 Å². The third kappa shape index (κ3) is 4.38. The van der Waals surface area contributed by atoms with Crippen LogP contribution in [0.15, 0.2) is 22.3 Å². The van der Waals surface area contributed by atoms with E-state index in [4.69, 9.17) is 0 Å². The van der Waals surface area contributed by atoms with Gasteiger partial charge in [0, 0.05) is 28.8 Å². The predicted molar refractivity (Wildman–Crippen MR) is 88.8 cm³/mol. The average Bonchev–Trinajstić information content (AvgIpc) is 2.48. The molecule has 2 N–H and O–H groups in total. The molecule has 1 aliphatic rings. The summed E-state index contributed by atoms with van der Waals surface area (Å²) in [5.74, 6) is -0.477. The van der Waals surface area contributed by atoms with Gasteiger partial charge in [0.2, 0.25) is 0 Å². The Kier molecular flexibility index (Phi) is 6.05. The van der Waals surface area contributed by atoms with Crippen molar-refractivity contribution in [2.45, 2.75) is 60.0 Å². The molecular weight excluding hydrogens is 294 g/mol. The molecular formula is C18H27NO4. The number of ketones is 2. The van der Waals surface area contributed by atoms with E-state index in [9.17, 15) is 19.5 Å². The third-order valence-electron chi connectivity index (χ3n) is 4.33. The highest BCUT2D eigenvalue weighted by molar-refractivity contribution is 6.24. The van der Waals surface area contributed by atoms with E-state index in [0.717, 1.165) is 0 Å². The molecule has 0 aromatic heterocycles. The average molecular weight is 321 g/mol. The minimum absolute atomic E-state index is 0.0922. The van der Waals surface area contributed by atoms with Crippen LogP contribution in [0.3, 0.4) is 0 Å². The van der Waals surface area contributed by atoms with Gasteiger partial charge in [-0.2, -0.15) is 0 Å². The number of rotatable bonds is 6. The van der Waals surface area contributed by atoms with E-state index in [1.165, 1.54) is 6.92 Å². The molecule has 0 heterocycles. The van der Waals surface area contributed by atoms with Crippen LogP contribution in [0.4, 0.5) is 0 Å². The van der Waals surface area contributed by atoms with Gasteiger partial charge >= 0.3 is 0 Å². The lowest BCUT2D eigenvalue weighted by molar-refractivity contribution is -0.138. The molecule has 1 atom stereocenters. The van der Waals surface area contributed by atoms with Crippen molar-refractivity contribution in [2.75, 3.05) is 6.54 Å². The first-order valence-electron chi connectivity index (χ1n) is 7.96. The van der Waals surface area contributed by atoms with Crippen LogP contribution in [0.5, 0.6) is 0 Å². The van der Waals surface area contributed by atoms with Crippen LogP contribution in [0.1, 0.15) is 54.4 Å². The number of hydrogen-bond acceptors (Lipinski definition) is 4. The van der Waals surface area contributed by atoms with E-state index < -0.39 is 11.5 Å². The monoisotopic (exact) mass is 321 g/mol. The van der Waals surface area contributed by atoms with Crippen molar-refractivity contribution < 1.29 is 19.5 Å². The van der Waals surface area contributed by atoms with Gasteiger partial charge in [0.25, 0.3) is 5.91 Å². The number of nitrogens with one attached hydrogen (secondary N) is 1. The van der Waals surface area contributed by atoms with Crippen LogP contribution in [-0.4, -0.2) is 34.7 Å². The lowest BCUT2D eigenvalue weighted by Gasteiger charge is -2.25. The van der Waals surface area contributed by atoms with Crippen molar-refractivity contribution in [3.05, 3.63) is 22.3 Å². The molecule has 23 heavy (non-hydrogen) atoms. The molecule has 0 aromatic rings. The fourth-order valence-corrected chi connectivity index (χ4v) is 2.43. The smallest absolute Gasteiger partial charge is 0.251 e. The lowest BCUT2D eigenvalue weighted by atomic mass is 9.82. The number of Topliss-reactive ketones (excluding diaryl/α,β-unsaturated/α-hetero) is 2. The van der Waals surface area contributed by atoms with Gasteiger partial charge in [0.15, 0.2) is 11.6 Å². The molecule has 0 saturated carbocycles. The molecule has 0 bridgehead atoms. The Morgan fingerprint density at radius 1 is 1.09 bits per heavy atom. The number of aliphatic hydroxyl groups is 1. The molecule has 5 heteroatoms. The molecule has 1 unspecified atom stereocenters. The summed E-state index contributed by atoms with van der Waals surface area (Å²) in [5.41, 5.74) is 0.152. The minimum Gasteiger partial charge on any atom is -0.380 e. The molecule has 1 aliphatic carbocycles. The minimum atomic E-state index is -1.57. The van der Waals surface area contributed by atoms with E-state index in [-0.39, 0.29) is 30.3 Å². The molecule has 128 valence electrons. The third-order valence-corrected chi connectivity index (χ3v) is 4.33. The van der Waals surface area contributed by atoms with Crippen LogP contribution < -0.4 is 5.32 Å². The van der Waals surface area contributed by atoms with Gasteiger partial charge in [-0.1, -0.05) is 13.8 Å². The van der Waals surface area contributed by atoms with Gasteiger partial charge in [-0.15, -0.1) is 0 Å². The molecule has 0 spiro atoms. The van der Waals surface area contributed by atoms with Crippen LogP contribution in [-0.2, 0) is 14.4 Å². The summed E-state index contributed by atoms with van der Waals surface area (Å²) in [7, 11) is 0. The van der Waals surface area contributed by atoms with Crippen LogP contribution in [0, 0.1) is 5.92 Å². The Bertz CT molecular complexity index is 594. The second-order valence-electron chi connectivity index (χ2n) is 6.89. The number of carbonyl (C=O) groups excluding carboxylic acids is 3. The zero-order valence-electron chi connectivity index (χ0n) is 14.9.